The molecule has 3 N–H and O–H groups in total. The summed E-state index contributed by atoms with van der Waals surface area (Å²) in [6, 6.07) is 15.4. The van der Waals surface area contributed by atoms with E-state index >= 15 is 0 Å². The molecule has 0 heterocycles. The molecular weight excluding hydrogens is 432 g/mol. The van der Waals surface area contributed by atoms with Crippen LogP contribution < -0.4 is 10.6 Å². The maximum absolute atomic E-state index is 12.8. The van der Waals surface area contributed by atoms with Crippen molar-refractivity contribution in [3.63, 3.8) is 0 Å². The maximum Gasteiger partial charge on any atom is 0.407 e. The molecule has 7 heteroatoms. The second kappa shape index (κ2) is 10.7. The molecular formula is C27H34N2O5. The van der Waals surface area contributed by atoms with Crippen LogP contribution in [0.25, 0.3) is 11.1 Å². The Kier molecular flexibility index (Phi) is 7.97. The van der Waals surface area contributed by atoms with Crippen LogP contribution in [-0.2, 0) is 14.3 Å². The molecule has 0 bridgehead atoms. The second-order valence-corrected chi connectivity index (χ2v) is 10.1. The minimum absolute atomic E-state index is 0.0626. The van der Waals surface area contributed by atoms with Gasteiger partial charge in [-0.3, -0.25) is 9.59 Å². The lowest BCUT2D eigenvalue weighted by Crippen LogP contribution is -2.49. The van der Waals surface area contributed by atoms with Crippen LogP contribution in [0.4, 0.5) is 4.79 Å². The third-order valence-corrected chi connectivity index (χ3v) is 6.03. The number of amides is 2. The van der Waals surface area contributed by atoms with Crippen molar-refractivity contribution in [2.45, 2.75) is 52.5 Å². The van der Waals surface area contributed by atoms with E-state index in [0.29, 0.717) is 6.42 Å². The first-order chi connectivity index (χ1) is 16.1. The van der Waals surface area contributed by atoms with Gasteiger partial charge in [-0.05, 0) is 40.0 Å². The molecule has 1 atom stereocenters. The monoisotopic (exact) mass is 466 g/mol. The Morgan fingerprint density at radius 2 is 1.56 bits per heavy atom. The smallest absolute Gasteiger partial charge is 0.407 e. The lowest BCUT2D eigenvalue weighted by Gasteiger charge is -2.26. The molecule has 0 unspecified atom stereocenters. The Morgan fingerprint density at radius 3 is 2.09 bits per heavy atom. The van der Waals surface area contributed by atoms with E-state index in [-0.39, 0.29) is 37.3 Å². The molecule has 0 aliphatic heterocycles. The van der Waals surface area contributed by atoms with Gasteiger partial charge >= 0.3 is 12.1 Å². The predicted octanol–water partition coefficient (Wildman–Crippen LogP) is 4.56. The normalized spacial score (nSPS) is 13.7. The molecule has 2 amide bonds. The highest BCUT2D eigenvalue weighted by molar-refractivity contribution is 5.86. The van der Waals surface area contributed by atoms with Gasteiger partial charge in [0.25, 0.3) is 0 Å². The molecule has 7 nitrogen and oxygen atoms in total. The highest BCUT2D eigenvalue weighted by Crippen LogP contribution is 2.44. The van der Waals surface area contributed by atoms with E-state index in [0.717, 1.165) is 22.3 Å². The largest absolute Gasteiger partial charge is 0.481 e. The quantitative estimate of drug-likeness (QED) is 0.476. The van der Waals surface area contributed by atoms with E-state index in [1.807, 2.05) is 38.1 Å². The van der Waals surface area contributed by atoms with Crippen LogP contribution in [0.1, 0.15) is 57.6 Å². The molecule has 0 saturated carbocycles. The number of hydrogen-bond donors (Lipinski definition) is 3. The molecule has 2 aromatic carbocycles. The summed E-state index contributed by atoms with van der Waals surface area (Å²) in [6.45, 7) is 7.85. The summed E-state index contributed by atoms with van der Waals surface area (Å²) in [5.41, 5.74) is 3.93. The Morgan fingerprint density at radius 1 is 1.00 bits per heavy atom. The first-order valence-electron chi connectivity index (χ1n) is 11.7. The van der Waals surface area contributed by atoms with Gasteiger partial charge in [-0.1, -0.05) is 76.2 Å². The minimum atomic E-state index is -0.922. The topological polar surface area (TPSA) is 105 Å². The highest BCUT2D eigenvalue weighted by Gasteiger charge is 2.30. The number of carboxylic acid groups (broad SMARTS) is 1. The third kappa shape index (κ3) is 6.37. The van der Waals surface area contributed by atoms with Crippen LogP contribution in [0.15, 0.2) is 48.5 Å². The standard InChI is InChI=1S/C27H34N2O5/c1-17(2)13-23(25(32)28-16-27(3,4)14-24(30)31)29-26(33)34-15-22-20-11-7-5-9-18(20)19-10-6-8-12-21(19)22/h5-12,17,22-23H,13-16H2,1-4H3,(H,28,32)(H,29,33)(H,30,31)/t23-/m1/s1. The van der Waals surface area contributed by atoms with Crippen molar-refractivity contribution >= 4 is 18.0 Å². The predicted molar refractivity (Wildman–Crippen MR) is 130 cm³/mol. The Hall–Kier alpha value is -3.35. The lowest BCUT2D eigenvalue weighted by molar-refractivity contribution is -0.139. The van der Waals surface area contributed by atoms with Gasteiger partial charge in [0.05, 0.1) is 6.42 Å². The molecule has 1 aliphatic rings. The number of carbonyl (C=O) groups is 3. The molecule has 3 rings (SSSR count). The van der Waals surface area contributed by atoms with Gasteiger partial charge in [-0.25, -0.2) is 4.79 Å². The molecule has 0 aromatic heterocycles. The SMILES string of the molecule is CC(C)C[C@@H](NC(=O)OCC1c2ccccc2-c2ccccc21)C(=O)NCC(C)(C)CC(=O)O. The molecule has 182 valence electrons. The minimum Gasteiger partial charge on any atom is -0.481 e. The second-order valence-electron chi connectivity index (χ2n) is 10.1. The van der Waals surface area contributed by atoms with Crippen molar-refractivity contribution in [3.8, 4) is 11.1 Å². The number of hydrogen-bond acceptors (Lipinski definition) is 4. The summed E-state index contributed by atoms with van der Waals surface area (Å²) in [7, 11) is 0. The zero-order chi connectivity index (χ0) is 24.9. The maximum atomic E-state index is 12.8. The number of carbonyl (C=O) groups excluding carboxylic acids is 2. The zero-order valence-corrected chi connectivity index (χ0v) is 20.3. The van der Waals surface area contributed by atoms with Crippen molar-refractivity contribution in [2.75, 3.05) is 13.2 Å². The van der Waals surface area contributed by atoms with Crippen LogP contribution in [-0.4, -0.2) is 42.3 Å². The van der Waals surface area contributed by atoms with Crippen LogP contribution in [0.3, 0.4) is 0 Å². The van der Waals surface area contributed by atoms with Crippen molar-refractivity contribution < 1.29 is 24.2 Å². The Balaban J connectivity index is 1.62. The van der Waals surface area contributed by atoms with Crippen LogP contribution in [0.5, 0.6) is 0 Å². The van der Waals surface area contributed by atoms with Crippen LogP contribution in [0, 0.1) is 11.3 Å². The van der Waals surface area contributed by atoms with Gasteiger partial charge in [0.15, 0.2) is 0 Å². The highest BCUT2D eigenvalue weighted by atomic mass is 16.5. The van der Waals surface area contributed by atoms with Crippen LogP contribution >= 0.6 is 0 Å². The van der Waals surface area contributed by atoms with E-state index in [1.165, 1.54) is 0 Å². The molecule has 0 fully saturated rings. The van der Waals surface area contributed by atoms with Crippen LogP contribution in [0.2, 0.25) is 0 Å². The van der Waals surface area contributed by atoms with Gasteiger partial charge in [-0.2, -0.15) is 0 Å². The number of benzene rings is 2. The summed E-state index contributed by atoms with van der Waals surface area (Å²) < 4.78 is 5.59. The van der Waals surface area contributed by atoms with E-state index in [9.17, 15) is 14.4 Å². The summed E-state index contributed by atoms with van der Waals surface area (Å²) in [6.07, 6.45) is -0.274. The molecule has 34 heavy (non-hydrogen) atoms. The van der Waals surface area contributed by atoms with E-state index in [4.69, 9.17) is 9.84 Å². The number of ether oxygens (including phenoxy) is 1. The van der Waals surface area contributed by atoms with Gasteiger partial charge in [-0.15, -0.1) is 0 Å². The fourth-order valence-corrected chi connectivity index (χ4v) is 4.41. The Bertz CT molecular complexity index is 1000. The van der Waals surface area contributed by atoms with Gasteiger partial charge in [0.2, 0.25) is 5.91 Å². The number of aliphatic carboxylic acids is 1. The van der Waals surface area contributed by atoms with Crippen molar-refractivity contribution in [2.24, 2.45) is 11.3 Å². The van der Waals surface area contributed by atoms with Crippen molar-refractivity contribution in [1.29, 1.82) is 0 Å². The summed E-state index contributed by atoms with van der Waals surface area (Å²) in [4.78, 5) is 36.5. The first kappa shape index (κ1) is 25.3. The number of carboxylic acids is 1. The van der Waals surface area contributed by atoms with Gasteiger partial charge in [0, 0.05) is 12.5 Å². The molecule has 0 radical (unpaired) electrons. The van der Waals surface area contributed by atoms with E-state index in [2.05, 4.69) is 34.9 Å². The number of alkyl carbamates (subject to hydrolysis) is 1. The average Bonchev–Trinajstić information content (AvgIpc) is 3.08. The number of nitrogens with one attached hydrogen (secondary N) is 2. The fourth-order valence-electron chi connectivity index (χ4n) is 4.41. The summed E-state index contributed by atoms with van der Waals surface area (Å²) in [5, 5.41) is 14.5. The zero-order valence-electron chi connectivity index (χ0n) is 20.3. The number of rotatable bonds is 10. The first-order valence-corrected chi connectivity index (χ1v) is 11.7. The molecule has 0 saturated heterocycles. The summed E-state index contributed by atoms with van der Waals surface area (Å²) >= 11 is 0. The molecule has 2 aromatic rings. The van der Waals surface area contributed by atoms with Gasteiger partial charge in [0.1, 0.15) is 12.6 Å². The Labute approximate surface area is 200 Å². The number of fused-ring (bicyclic) bond motifs is 3. The summed E-state index contributed by atoms with van der Waals surface area (Å²) in [5.74, 6) is -1.17. The third-order valence-electron chi connectivity index (χ3n) is 6.03. The fraction of sp³-hybridized carbons (Fsp3) is 0.444. The lowest BCUT2D eigenvalue weighted by atomic mass is 9.89. The molecule has 0 spiro atoms. The van der Waals surface area contributed by atoms with E-state index in [1.54, 1.807) is 13.8 Å². The van der Waals surface area contributed by atoms with Gasteiger partial charge < -0.3 is 20.5 Å². The van der Waals surface area contributed by atoms with Crippen molar-refractivity contribution in [1.82, 2.24) is 10.6 Å². The van der Waals surface area contributed by atoms with E-state index < -0.39 is 23.5 Å². The molecule has 1 aliphatic carbocycles. The average molecular weight is 467 g/mol. The van der Waals surface area contributed by atoms with Crippen molar-refractivity contribution in [3.05, 3.63) is 59.7 Å².